The van der Waals surface area contributed by atoms with Gasteiger partial charge in [0.1, 0.15) is 5.82 Å². The number of nitrogens with two attached hydrogens (primary N) is 1. The maximum absolute atomic E-state index is 11.0. The number of carbonyl (C=O) groups excluding carboxylic acids is 1. The Labute approximate surface area is 103 Å². The smallest absolute Gasteiger partial charge is 0.354 e. The van der Waals surface area contributed by atoms with Crippen LogP contribution in [-0.2, 0) is 4.79 Å². The van der Waals surface area contributed by atoms with Crippen LogP contribution in [0.1, 0.15) is 23.3 Å². The van der Waals surface area contributed by atoms with Crippen molar-refractivity contribution in [2.45, 2.75) is 18.9 Å². The minimum Gasteiger partial charge on any atom is -0.477 e. The zero-order chi connectivity index (χ0) is 13.1. The molecule has 0 radical (unpaired) electrons. The second kappa shape index (κ2) is 4.91. The van der Waals surface area contributed by atoms with E-state index < -0.39 is 5.97 Å². The monoisotopic (exact) mass is 250 g/mol. The zero-order valence-electron chi connectivity index (χ0n) is 9.64. The topological polar surface area (TPSA) is 117 Å². The van der Waals surface area contributed by atoms with Crippen LogP contribution in [0.4, 0.5) is 11.5 Å². The van der Waals surface area contributed by atoms with Gasteiger partial charge in [0.05, 0.1) is 5.69 Å². The van der Waals surface area contributed by atoms with E-state index in [9.17, 15) is 9.59 Å². The first-order chi connectivity index (χ1) is 8.56. The fraction of sp³-hybridized carbons (Fsp3) is 0.364. The highest BCUT2D eigenvalue weighted by atomic mass is 16.4. The summed E-state index contributed by atoms with van der Waals surface area (Å²) in [5, 5.41) is 14.6. The van der Waals surface area contributed by atoms with Gasteiger partial charge in [-0.05, 0) is 18.6 Å². The number of carbonyl (C=O) groups is 2. The molecule has 1 aromatic heterocycles. The van der Waals surface area contributed by atoms with E-state index in [1.165, 1.54) is 12.1 Å². The molecular weight excluding hydrogens is 236 g/mol. The molecule has 0 aromatic carbocycles. The number of pyridine rings is 1. The molecule has 0 bridgehead atoms. The van der Waals surface area contributed by atoms with Crippen LogP contribution in [0.5, 0.6) is 0 Å². The van der Waals surface area contributed by atoms with Gasteiger partial charge in [0.15, 0.2) is 5.69 Å². The number of nitrogens with one attached hydrogen (secondary N) is 2. The standard InChI is InChI=1S/C11H14N4O3/c12-7-2-3-8(11(17)18)15-10(7)13-5-6-1-4-9(16)14-6/h2-3,6H,1,4-5,12H2,(H,13,15)(H,14,16)(H,17,18). The lowest BCUT2D eigenvalue weighted by atomic mass is 10.2. The first-order valence-corrected chi connectivity index (χ1v) is 5.59. The van der Waals surface area contributed by atoms with Gasteiger partial charge in [0.2, 0.25) is 5.91 Å². The Balaban J connectivity index is 2.02. The number of hydrogen-bond acceptors (Lipinski definition) is 5. The molecule has 1 atom stereocenters. The number of aromatic carboxylic acids is 1. The third kappa shape index (κ3) is 2.68. The van der Waals surface area contributed by atoms with E-state index in [1.807, 2.05) is 0 Å². The molecule has 96 valence electrons. The lowest BCUT2D eigenvalue weighted by molar-refractivity contribution is -0.119. The molecule has 1 aliphatic heterocycles. The summed E-state index contributed by atoms with van der Waals surface area (Å²) >= 11 is 0. The van der Waals surface area contributed by atoms with Crippen LogP contribution in [0.2, 0.25) is 0 Å². The van der Waals surface area contributed by atoms with E-state index in [2.05, 4.69) is 15.6 Å². The van der Waals surface area contributed by atoms with Crippen LogP contribution in [-0.4, -0.2) is 34.6 Å². The predicted molar refractivity (Wildman–Crippen MR) is 65.3 cm³/mol. The van der Waals surface area contributed by atoms with Gasteiger partial charge in [-0.1, -0.05) is 0 Å². The summed E-state index contributed by atoms with van der Waals surface area (Å²) in [6.07, 6.45) is 1.27. The Morgan fingerprint density at radius 1 is 1.61 bits per heavy atom. The minimum atomic E-state index is -1.10. The second-order valence-corrected chi connectivity index (χ2v) is 4.12. The summed E-state index contributed by atoms with van der Waals surface area (Å²) < 4.78 is 0. The Morgan fingerprint density at radius 3 is 3.00 bits per heavy atom. The van der Waals surface area contributed by atoms with Crippen molar-refractivity contribution in [3.63, 3.8) is 0 Å². The molecule has 1 saturated heterocycles. The van der Waals surface area contributed by atoms with Crippen LogP contribution < -0.4 is 16.4 Å². The van der Waals surface area contributed by atoms with Gasteiger partial charge < -0.3 is 21.5 Å². The number of nitrogens with zero attached hydrogens (tertiary/aromatic N) is 1. The Morgan fingerprint density at radius 2 is 2.39 bits per heavy atom. The van der Waals surface area contributed by atoms with Crippen LogP contribution >= 0.6 is 0 Å². The quantitative estimate of drug-likeness (QED) is 0.600. The Hall–Kier alpha value is -2.31. The number of carboxylic acid groups (broad SMARTS) is 1. The number of carboxylic acids is 1. The number of anilines is 2. The Bertz CT molecular complexity index is 489. The molecule has 7 nitrogen and oxygen atoms in total. The third-order valence-electron chi connectivity index (χ3n) is 2.75. The van der Waals surface area contributed by atoms with E-state index >= 15 is 0 Å². The molecule has 7 heteroatoms. The summed E-state index contributed by atoms with van der Waals surface area (Å²) in [6, 6.07) is 2.87. The molecule has 1 unspecified atom stereocenters. The van der Waals surface area contributed by atoms with Crippen LogP contribution in [0, 0.1) is 0 Å². The first kappa shape index (κ1) is 12.2. The molecule has 1 fully saturated rings. The summed E-state index contributed by atoms with van der Waals surface area (Å²) in [7, 11) is 0. The van der Waals surface area contributed by atoms with Crippen LogP contribution in [0.15, 0.2) is 12.1 Å². The maximum atomic E-state index is 11.0. The molecule has 0 spiro atoms. The van der Waals surface area contributed by atoms with Crippen molar-refractivity contribution in [2.24, 2.45) is 0 Å². The lowest BCUT2D eigenvalue weighted by Crippen LogP contribution is -2.32. The molecule has 18 heavy (non-hydrogen) atoms. The van der Waals surface area contributed by atoms with Crippen molar-refractivity contribution in [2.75, 3.05) is 17.6 Å². The van der Waals surface area contributed by atoms with Gasteiger partial charge in [-0.3, -0.25) is 4.79 Å². The van der Waals surface area contributed by atoms with E-state index in [0.717, 1.165) is 6.42 Å². The Kier molecular flexibility index (Phi) is 3.31. The summed E-state index contributed by atoms with van der Waals surface area (Å²) in [5.41, 5.74) is 6.01. The maximum Gasteiger partial charge on any atom is 0.354 e. The highest BCUT2D eigenvalue weighted by molar-refractivity contribution is 5.86. The molecule has 0 saturated carbocycles. The van der Waals surface area contributed by atoms with Gasteiger partial charge in [-0.15, -0.1) is 0 Å². The highest BCUT2D eigenvalue weighted by Gasteiger charge is 2.20. The minimum absolute atomic E-state index is 0.0296. The molecule has 1 aromatic rings. The average molecular weight is 250 g/mol. The van der Waals surface area contributed by atoms with Crippen molar-refractivity contribution in [3.05, 3.63) is 17.8 Å². The van der Waals surface area contributed by atoms with Gasteiger partial charge in [-0.2, -0.15) is 0 Å². The average Bonchev–Trinajstić information content (AvgIpc) is 2.74. The number of nitrogen functional groups attached to an aromatic ring is 1. The predicted octanol–water partition coefficient (Wildman–Crippen LogP) is 0.0525. The first-order valence-electron chi connectivity index (χ1n) is 5.59. The molecule has 5 N–H and O–H groups in total. The number of aromatic nitrogens is 1. The molecule has 1 aliphatic rings. The largest absolute Gasteiger partial charge is 0.477 e. The summed E-state index contributed by atoms with van der Waals surface area (Å²) in [4.78, 5) is 25.7. The van der Waals surface area contributed by atoms with Gasteiger partial charge in [0, 0.05) is 19.0 Å². The summed E-state index contributed by atoms with van der Waals surface area (Å²) in [6.45, 7) is 0.478. The van der Waals surface area contributed by atoms with Crippen LogP contribution in [0.25, 0.3) is 0 Å². The highest BCUT2D eigenvalue weighted by Crippen LogP contribution is 2.16. The number of rotatable bonds is 4. The van der Waals surface area contributed by atoms with E-state index in [4.69, 9.17) is 10.8 Å². The zero-order valence-corrected chi connectivity index (χ0v) is 9.64. The van der Waals surface area contributed by atoms with Gasteiger partial charge >= 0.3 is 5.97 Å². The van der Waals surface area contributed by atoms with Crippen LogP contribution in [0.3, 0.4) is 0 Å². The van der Waals surface area contributed by atoms with Crippen molar-refractivity contribution in [1.29, 1.82) is 0 Å². The molecule has 2 rings (SSSR count). The fourth-order valence-corrected chi connectivity index (χ4v) is 1.78. The van der Waals surface area contributed by atoms with Gasteiger partial charge in [-0.25, -0.2) is 9.78 Å². The van der Waals surface area contributed by atoms with Crippen molar-refractivity contribution in [1.82, 2.24) is 10.3 Å². The number of hydrogen-bond donors (Lipinski definition) is 4. The van der Waals surface area contributed by atoms with E-state index in [1.54, 1.807) is 0 Å². The van der Waals surface area contributed by atoms with Crippen molar-refractivity contribution < 1.29 is 14.7 Å². The SMILES string of the molecule is Nc1ccc(C(=O)O)nc1NCC1CCC(=O)N1. The van der Waals surface area contributed by atoms with Gasteiger partial charge in [0.25, 0.3) is 0 Å². The second-order valence-electron chi connectivity index (χ2n) is 4.12. The molecule has 1 amide bonds. The lowest BCUT2D eigenvalue weighted by Gasteiger charge is -2.13. The fourth-order valence-electron chi connectivity index (χ4n) is 1.78. The number of amides is 1. The van der Waals surface area contributed by atoms with Crippen molar-refractivity contribution in [3.8, 4) is 0 Å². The van der Waals surface area contributed by atoms with E-state index in [-0.39, 0.29) is 17.6 Å². The summed E-state index contributed by atoms with van der Waals surface area (Å²) in [5.74, 6) is -0.745. The van der Waals surface area contributed by atoms with Crippen molar-refractivity contribution >= 4 is 23.4 Å². The molecule has 0 aliphatic carbocycles. The normalized spacial score (nSPS) is 18.4. The molecular formula is C11H14N4O3. The van der Waals surface area contributed by atoms with E-state index in [0.29, 0.717) is 24.5 Å². The third-order valence-corrected chi connectivity index (χ3v) is 2.75. The molecule has 2 heterocycles.